The predicted octanol–water partition coefficient (Wildman–Crippen LogP) is -1.42. The quantitative estimate of drug-likeness (QED) is 0.375. The number of carbonyl (C=O) groups is 1. The largest absolute Gasteiger partial charge is 1.00 e. The summed E-state index contributed by atoms with van der Waals surface area (Å²) < 4.78 is 5.08. The molecular weight excluding hydrogens is 303 g/mol. The molecule has 1 aliphatic carbocycles. The van der Waals surface area contributed by atoms with Crippen LogP contribution in [0.15, 0.2) is 30.3 Å². The van der Waals surface area contributed by atoms with Gasteiger partial charge >= 0.3 is 35.5 Å². The molecule has 5 radical (unpaired) electrons. The molecule has 2 rings (SSSR count). The zero-order valence-electron chi connectivity index (χ0n) is 12.0. The number of ether oxygens (including phenoxy) is 1. The summed E-state index contributed by atoms with van der Waals surface area (Å²) in [6.07, 6.45) is 0. The average molecular weight is 308 g/mol. The van der Waals surface area contributed by atoms with Gasteiger partial charge in [0.25, 0.3) is 0 Å². The Morgan fingerprint density at radius 1 is 0.783 bits per heavy atom. The van der Waals surface area contributed by atoms with Gasteiger partial charge in [0.2, 0.25) is 0 Å². The first-order valence-corrected chi connectivity index (χ1v) is 5.92. The molecule has 0 aromatic heterocycles. The first-order chi connectivity index (χ1) is 10.7. The Morgan fingerprint density at radius 3 is 1.61 bits per heavy atom. The van der Waals surface area contributed by atoms with Gasteiger partial charge in [-0.25, -0.2) is 0 Å². The van der Waals surface area contributed by atoms with Crippen LogP contribution in [0, 0.1) is 74.9 Å². The van der Waals surface area contributed by atoms with E-state index in [9.17, 15) is 4.79 Å². The molecule has 0 amide bonds. The zero-order valence-corrected chi connectivity index (χ0v) is 14.0. The minimum Gasteiger partial charge on any atom is -0.426 e. The van der Waals surface area contributed by atoms with E-state index in [0.717, 1.165) is 0 Å². The topological polar surface area (TPSA) is 121 Å². The second-order valence-electron chi connectivity index (χ2n) is 4.02. The van der Waals surface area contributed by atoms with Gasteiger partial charge in [0.15, 0.2) is 0 Å². The Labute approximate surface area is 155 Å². The number of benzene rings is 1. The fourth-order valence-electron chi connectivity index (χ4n) is 1.92. The third kappa shape index (κ3) is 3.53. The molecule has 0 unspecified atom stereocenters. The summed E-state index contributed by atoms with van der Waals surface area (Å²) in [4.78, 5) is 12.2. The molecule has 0 spiro atoms. The van der Waals surface area contributed by atoms with Gasteiger partial charge in [0.05, 0.1) is 24.3 Å². The second-order valence-corrected chi connectivity index (χ2v) is 4.02. The van der Waals surface area contributed by atoms with Crippen molar-refractivity contribution in [2.75, 3.05) is 0 Å². The van der Waals surface area contributed by atoms with Crippen molar-refractivity contribution in [1.82, 2.24) is 0 Å². The summed E-state index contributed by atoms with van der Waals surface area (Å²) in [6.45, 7) is 0. The molecule has 101 valence electrons. The van der Waals surface area contributed by atoms with Crippen LogP contribution in [0.2, 0.25) is 0 Å². The van der Waals surface area contributed by atoms with Crippen LogP contribution in [0.3, 0.4) is 0 Å². The second kappa shape index (κ2) is 8.33. The van der Waals surface area contributed by atoms with Crippen LogP contribution in [0.25, 0.3) is 0 Å². The number of nitrogens with zero attached hydrogens (tertiary/aromatic N) is 4. The van der Waals surface area contributed by atoms with Crippen molar-refractivity contribution in [2.24, 2.45) is 0 Å². The van der Waals surface area contributed by atoms with Gasteiger partial charge in [0, 0.05) is 0 Å². The molecule has 0 bridgehead atoms. The number of para-hydroxylation sites is 1. The van der Waals surface area contributed by atoms with Crippen LogP contribution in [0.1, 0.15) is 0 Å². The summed E-state index contributed by atoms with van der Waals surface area (Å²) in [5, 5.41) is 36.4. The van der Waals surface area contributed by atoms with Gasteiger partial charge in [-0.15, -0.1) is 0 Å². The molecule has 1 fully saturated rings. The van der Waals surface area contributed by atoms with Crippen LogP contribution in [0.4, 0.5) is 0 Å². The van der Waals surface area contributed by atoms with E-state index in [1.807, 2.05) is 0 Å². The van der Waals surface area contributed by atoms with Crippen molar-refractivity contribution in [2.45, 2.75) is 0 Å². The van der Waals surface area contributed by atoms with Gasteiger partial charge < -0.3 is 4.74 Å². The summed E-state index contributed by atoms with van der Waals surface area (Å²) in [5.74, 6) is -2.33. The fourth-order valence-corrected chi connectivity index (χ4v) is 1.92. The van der Waals surface area contributed by atoms with Crippen LogP contribution in [-0.2, 0) is 4.79 Å². The van der Waals surface area contributed by atoms with Crippen molar-refractivity contribution in [3.63, 3.8) is 0 Å². The van der Waals surface area contributed by atoms with E-state index in [4.69, 9.17) is 25.8 Å². The Hall–Kier alpha value is -2.35. The van der Waals surface area contributed by atoms with Crippen molar-refractivity contribution in [1.29, 1.82) is 21.0 Å². The number of rotatable bonds is 2. The van der Waals surface area contributed by atoms with Gasteiger partial charge in [0.1, 0.15) is 35.3 Å². The number of hydrogen-bond acceptors (Lipinski definition) is 6. The smallest absolute Gasteiger partial charge is 0.426 e. The molecular formula is C16H5N4NaO2+. The number of nitriles is 4. The van der Waals surface area contributed by atoms with Gasteiger partial charge in [-0.05, 0) is 12.1 Å². The molecule has 0 saturated heterocycles. The molecule has 0 N–H and O–H groups in total. The summed E-state index contributed by atoms with van der Waals surface area (Å²) in [6, 6.07) is 14.8. The first kappa shape index (κ1) is 18.7. The predicted molar refractivity (Wildman–Crippen MR) is 70.7 cm³/mol. The molecule has 0 atom stereocenters. The monoisotopic (exact) mass is 308 g/mol. The molecule has 1 aromatic carbocycles. The molecule has 6 nitrogen and oxygen atoms in total. The summed E-state index contributed by atoms with van der Waals surface area (Å²) in [7, 11) is 0. The van der Waals surface area contributed by atoms with E-state index >= 15 is 0 Å². The van der Waals surface area contributed by atoms with Gasteiger partial charge in [-0.3, -0.25) is 4.79 Å². The molecule has 0 aliphatic heterocycles. The van der Waals surface area contributed by atoms with Crippen LogP contribution in [-0.4, -0.2) is 5.97 Å². The molecule has 0 heterocycles. The third-order valence-electron chi connectivity index (χ3n) is 2.86. The van der Waals surface area contributed by atoms with E-state index in [0.29, 0.717) is 0 Å². The Morgan fingerprint density at radius 2 is 1.22 bits per heavy atom. The summed E-state index contributed by atoms with van der Waals surface area (Å²) in [5.41, 5.74) is 0. The minimum absolute atomic E-state index is 0. The van der Waals surface area contributed by atoms with Gasteiger partial charge in [-0.1, -0.05) is 18.2 Å². The molecule has 1 aromatic rings. The Balaban J connectivity index is 0.00000264. The fraction of sp³-hybridized carbons (Fsp3) is 0. The number of esters is 1. The number of hydrogen-bond donors (Lipinski definition) is 0. The maximum atomic E-state index is 12.2. The van der Waals surface area contributed by atoms with Crippen LogP contribution < -0.4 is 34.3 Å². The third-order valence-corrected chi connectivity index (χ3v) is 2.86. The average Bonchev–Trinajstić information content (AvgIpc) is 2.88. The molecule has 1 aliphatic rings. The zero-order chi connectivity index (χ0) is 16.1. The van der Waals surface area contributed by atoms with Crippen molar-refractivity contribution in [3.8, 4) is 30.0 Å². The first-order valence-electron chi connectivity index (χ1n) is 5.92. The van der Waals surface area contributed by atoms with Crippen LogP contribution >= 0.6 is 0 Å². The molecule has 1 saturated carbocycles. The Kier molecular flexibility index (Phi) is 6.77. The van der Waals surface area contributed by atoms with Crippen molar-refractivity contribution in [3.05, 3.63) is 59.9 Å². The number of carbonyl (C=O) groups excluding carboxylic acids is 1. The normalized spacial score (nSPS) is 16.3. The van der Waals surface area contributed by atoms with E-state index in [1.165, 1.54) is 12.1 Å². The minimum atomic E-state index is -0.961. The van der Waals surface area contributed by atoms with Crippen molar-refractivity contribution < 1.29 is 39.1 Å². The van der Waals surface area contributed by atoms with Crippen LogP contribution in [0.5, 0.6) is 5.75 Å². The molecule has 23 heavy (non-hydrogen) atoms. The van der Waals surface area contributed by atoms with Crippen molar-refractivity contribution >= 4 is 5.97 Å². The van der Waals surface area contributed by atoms with E-state index in [-0.39, 0.29) is 64.9 Å². The summed E-state index contributed by atoms with van der Waals surface area (Å²) >= 11 is 0. The van der Waals surface area contributed by atoms with E-state index in [2.05, 4.69) is 0 Å². The standard InChI is InChI=1S/C16H5N4O2.Na/c17-6-11-12(7-18)14(9-20)15(13(11)8-19)16(21)22-10-4-2-1-3-5-10;/h1-5H;/q;+1. The van der Waals surface area contributed by atoms with E-state index in [1.54, 1.807) is 42.5 Å². The van der Waals surface area contributed by atoms with E-state index < -0.39 is 5.97 Å². The maximum Gasteiger partial charge on any atom is 1.00 e. The Bertz CT molecular complexity index is 701. The maximum absolute atomic E-state index is 12.2. The van der Waals surface area contributed by atoms with Gasteiger partial charge in [-0.2, -0.15) is 21.0 Å². The SMILES string of the molecule is N#C[C]1[C](C#N)[C](C#N)[C](C(=O)Oc2ccccc2)[C]1C#N.[Na+]. The molecule has 7 heteroatoms.